The van der Waals surface area contributed by atoms with Crippen LogP contribution in [0.4, 0.5) is 4.79 Å². The highest BCUT2D eigenvalue weighted by atomic mass is 16.6. The zero-order valence-corrected chi connectivity index (χ0v) is 11.7. The largest absolute Gasteiger partial charge is 0.444 e. The number of hydrogen-bond acceptors (Lipinski definition) is 3. The highest BCUT2D eigenvalue weighted by molar-refractivity contribution is 5.69. The summed E-state index contributed by atoms with van der Waals surface area (Å²) in [4.78, 5) is 14.0. The smallest absolute Gasteiger partial charge is 0.410 e. The average molecular weight is 255 g/mol. The van der Waals surface area contributed by atoms with Crippen LogP contribution in [0, 0.1) is 5.92 Å². The minimum atomic E-state index is -0.472. The highest BCUT2D eigenvalue weighted by Crippen LogP contribution is 2.43. The molecule has 1 aliphatic carbocycles. The highest BCUT2D eigenvalue weighted by Gasteiger charge is 2.47. The summed E-state index contributed by atoms with van der Waals surface area (Å²) in [6.07, 6.45) is 5.01. The fourth-order valence-electron chi connectivity index (χ4n) is 2.84. The number of carbonyl (C=O) groups is 1. The molecule has 2 fully saturated rings. The summed E-state index contributed by atoms with van der Waals surface area (Å²) in [7, 11) is 0. The van der Waals surface area contributed by atoms with E-state index in [0.717, 1.165) is 19.3 Å². The summed E-state index contributed by atoms with van der Waals surface area (Å²) in [5, 5.41) is 9.76. The first kappa shape index (κ1) is 13.7. The van der Waals surface area contributed by atoms with E-state index in [1.54, 1.807) is 4.90 Å². The molecule has 1 aliphatic heterocycles. The first-order valence-corrected chi connectivity index (χ1v) is 6.98. The Labute approximate surface area is 109 Å². The number of nitrogens with zero attached hydrogens (tertiary/aromatic N) is 1. The van der Waals surface area contributed by atoms with Crippen LogP contribution >= 0.6 is 0 Å². The first-order chi connectivity index (χ1) is 8.36. The molecule has 2 aliphatic rings. The molecule has 0 aromatic rings. The van der Waals surface area contributed by atoms with Gasteiger partial charge in [0.2, 0.25) is 0 Å². The number of ether oxygens (including phenoxy) is 1. The summed E-state index contributed by atoms with van der Waals surface area (Å²) in [6.45, 7) is 6.40. The van der Waals surface area contributed by atoms with Crippen molar-refractivity contribution in [2.45, 2.75) is 64.0 Å². The van der Waals surface area contributed by atoms with Gasteiger partial charge in [-0.05, 0) is 46.0 Å². The number of carbonyl (C=O) groups excluding carboxylic acids is 1. The van der Waals surface area contributed by atoms with E-state index in [4.69, 9.17) is 4.74 Å². The molecule has 0 aromatic carbocycles. The molecule has 1 amide bonds. The van der Waals surface area contributed by atoms with E-state index in [1.807, 2.05) is 20.8 Å². The summed E-state index contributed by atoms with van der Waals surface area (Å²) < 4.78 is 5.46. The van der Waals surface area contributed by atoms with Crippen molar-refractivity contribution in [2.75, 3.05) is 13.2 Å². The maximum absolute atomic E-state index is 12.2. The van der Waals surface area contributed by atoms with Gasteiger partial charge in [-0.2, -0.15) is 0 Å². The lowest BCUT2D eigenvalue weighted by Gasteiger charge is -2.38. The van der Waals surface area contributed by atoms with Crippen LogP contribution in [-0.2, 0) is 4.74 Å². The Balaban J connectivity index is 2.06. The Morgan fingerprint density at radius 3 is 2.61 bits per heavy atom. The molecule has 2 rings (SSSR count). The second kappa shape index (κ2) is 4.72. The summed E-state index contributed by atoms with van der Waals surface area (Å²) in [5.41, 5.74) is -0.829. The first-order valence-electron chi connectivity index (χ1n) is 6.98. The molecule has 0 aromatic heterocycles. The Bertz CT molecular complexity index is 319. The number of hydrogen-bond donors (Lipinski definition) is 1. The van der Waals surface area contributed by atoms with E-state index in [0.29, 0.717) is 12.5 Å². The number of aliphatic hydroxyl groups excluding tert-OH is 1. The molecule has 1 saturated carbocycles. The van der Waals surface area contributed by atoms with Gasteiger partial charge in [0, 0.05) is 6.54 Å². The lowest BCUT2D eigenvalue weighted by atomic mass is 9.90. The van der Waals surface area contributed by atoms with Gasteiger partial charge in [-0.15, -0.1) is 0 Å². The van der Waals surface area contributed by atoms with Crippen LogP contribution in [0.5, 0.6) is 0 Å². The topological polar surface area (TPSA) is 49.8 Å². The van der Waals surface area contributed by atoms with Crippen molar-refractivity contribution in [3.63, 3.8) is 0 Å². The molecular formula is C14H25NO3. The second-order valence-corrected chi connectivity index (χ2v) is 6.77. The van der Waals surface area contributed by atoms with Crippen LogP contribution < -0.4 is 0 Å². The van der Waals surface area contributed by atoms with Gasteiger partial charge in [-0.25, -0.2) is 4.79 Å². The summed E-state index contributed by atoms with van der Waals surface area (Å²) >= 11 is 0. The van der Waals surface area contributed by atoms with E-state index >= 15 is 0 Å². The van der Waals surface area contributed by atoms with Crippen molar-refractivity contribution < 1.29 is 14.6 Å². The molecule has 104 valence electrons. The molecule has 1 saturated heterocycles. The predicted molar refractivity (Wildman–Crippen MR) is 69.3 cm³/mol. The number of amides is 1. The van der Waals surface area contributed by atoms with E-state index in [2.05, 4.69) is 0 Å². The number of likely N-dealkylation sites (tertiary alicyclic amines) is 1. The molecule has 4 nitrogen and oxygen atoms in total. The second-order valence-electron chi connectivity index (χ2n) is 6.77. The zero-order chi connectivity index (χ0) is 13.4. The standard InChI is InChI=1S/C14H25NO3/c1-13(2,3)18-12(17)15-8-4-7-14(15,10-16)9-11-5-6-11/h11,16H,4-10H2,1-3H3. The average Bonchev–Trinajstić information content (AvgIpc) is 2.93. The van der Waals surface area contributed by atoms with Gasteiger partial charge in [0.05, 0.1) is 12.1 Å². The van der Waals surface area contributed by atoms with Crippen molar-refractivity contribution in [3.05, 3.63) is 0 Å². The van der Waals surface area contributed by atoms with Crippen LogP contribution in [-0.4, -0.2) is 40.4 Å². The van der Waals surface area contributed by atoms with E-state index in [-0.39, 0.29) is 18.2 Å². The Hall–Kier alpha value is -0.770. The SMILES string of the molecule is CC(C)(C)OC(=O)N1CCCC1(CO)CC1CC1. The maximum atomic E-state index is 12.2. The molecule has 0 radical (unpaired) electrons. The molecule has 1 atom stereocenters. The van der Waals surface area contributed by atoms with Gasteiger partial charge in [-0.1, -0.05) is 12.8 Å². The third-order valence-electron chi connectivity index (χ3n) is 3.87. The summed E-state index contributed by atoms with van der Waals surface area (Å²) in [6, 6.07) is 0. The van der Waals surface area contributed by atoms with Gasteiger partial charge >= 0.3 is 6.09 Å². The van der Waals surface area contributed by atoms with Crippen LogP contribution in [0.1, 0.15) is 52.9 Å². The molecule has 4 heteroatoms. The van der Waals surface area contributed by atoms with Crippen LogP contribution in [0.2, 0.25) is 0 Å². The molecule has 1 N–H and O–H groups in total. The van der Waals surface area contributed by atoms with E-state index in [1.165, 1.54) is 12.8 Å². The Morgan fingerprint density at radius 2 is 2.11 bits per heavy atom. The van der Waals surface area contributed by atoms with Gasteiger partial charge in [-0.3, -0.25) is 0 Å². The molecular weight excluding hydrogens is 230 g/mol. The van der Waals surface area contributed by atoms with Crippen molar-refractivity contribution >= 4 is 6.09 Å². The molecule has 0 bridgehead atoms. The van der Waals surface area contributed by atoms with Crippen molar-refractivity contribution in [2.24, 2.45) is 5.92 Å². The Morgan fingerprint density at radius 1 is 1.44 bits per heavy atom. The quantitative estimate of drug-likeness (QED) is 0.843. The summed E-state index contributed by atoms with van der Waals surface area (Å²) in [5.74, 6) is 0.695. The lowest BCUT2D eigenvalue weighted by Crippen LogP contribution is -2.51. The third-order valence-corrected chi connectivity index (χ3v) is 3.87. The van der Waals surface area contributed by atoms with Crippen molar-refractivity contribution in [3.8, 4) is 0 Å². The van der Waals surface area contributed by atoms with Crippen LogP contribution in [0.3, 0.4) is 0 Å². The van der Waals surface area contributed by atoms with Crippen LogP contribution in [0.25, 0.3) is 0 Å². The fraction of sp³-hybridized carbons (Fsp3) is 0.929. The molecule has 1 unspecified atom stereocenters. The lowest BCUT2D eigenvalue weighted by molar-refractivity contribution is -0.00829. The monoisotopic (exact) mass is 255 g/mol. The van der Waals surface area contributed by atoms with Gasteiger partial charge in [0.1, 0.15) is 5.60 Å². The number of aliphatic hydroxyl groups is 1. The van der Waals surface area contributed by atoms with Gasteiger partial charge in [0.25, 0.3) is 0 Å². The minimum absolute atomic E-state index is 0.0583. The molecule has 1 heterocycles. The van der Waals surface area contributed by atoms with Crippen molar-refractivity contribution in [1.82, 2.24) is 4.90 Å². The number of rotatable bonds is 3. The van der Waals surface area contributed by atoms with E-state index in [9.17, 15) is 9.90 Å². The minimum Gasteiger partial charge on any atom is -0.444 e. The van der Waals surface area contributed by atoms with Crippen LogP contribution in [0.15, 0.2) is 0 Å². The van der Waals surface area contributed by atoms with E-state index < -0.39 is 5.60 Å². The molecule has 18 heavy (non-hydrogen) atoms. The van der Waals surface area contributed by atoms with Crippen molar-refractivity contribution in [1.29, 1.82) is 0 Å². The molecule has 0 spiro atoms. The third kappa shape index (κ3) is 2.97. The normalized spacial score (nSPS) is 28.6. The maximum Gasteiger partial charge on any atom is 0.410 e. The Kier molecular flexibility index (Phi) is 3.58. The van der Waals surface area contributed by atoms with Gasteiger partial charge in [0.15, 0.2) is 0 Å². The van der Waals surface area contributed by atoms with Gasteiger partial charge < -0.3 is 14.7 Å². The fourth-order valence-corrected chi connectivity index (χ4v) is 2.84. The zero-order valence-electron chi connectivity index (χ0n) is 11.7. The predicted octanol–water partition coefficient (Wildman–Crippen LogP) is 2.55.